The number of carbonyl (C=O) groups is 2. The lowest BCUT2D eigenvalue weighted by atomic mass is 10.1. The minimum absolute atomic E-state index is 0.103. The molecule has 1 aromatic carbocycles. The third-order valence-corrected chi connectivity index (χ3v) is 1.53. The number of rotatable bonds is 3. The summed E-state index contributed by atoms with van der Waals surface area (Å²) >= 11 is 0. The topological polar surface area (TPSA) is 60.2 Å². The van der Waals surface area contributed by atoms with Crippen molar-refractivity contribution in [2.45, 2.75) is 6.42 Å². The Hall–Kier alpha value is -1.64. The predicted molar refractivity (Wildman–Crippen MR) is 45.9 cm³/mol. The number of nitrogen functional groups attached to an aromatic ring is 1. The number of nitrogens with two attached hydrogens (primary N) is 1. The highest BCUT2D eigenvalue weighted by Gasteiger charge is 2.06. The van der Waals surface area contributed by atoms with Crippen molar-refractivity contribution < 1.29 is 9.59 Å². The van der Waals surface area contributed by atoms with Crippen molar-refractivity contribution in [3.8, 4) is 0 Å². The minimum Gasteiger partial charge on any atom is -0.398 e. The molecule has 0 atom stereocenters. The number of carbonyl (C=O) groups excluding carboxylic acids is 2. The van der Waals surface area contributed by atoms with E-state index in [4.69, 9.17) is 5.73 Å². The van der Waals surface area contributed by atoms with Crippen LogP contribution >= 0.6 is 0 Å². The van der Waals surface area contributed by atoms with Gasteiger partial charge in [-0.1, -0.05) is 12.1 Å². The maximum Gasteiger partial charge on any atom is 0.171 e. The fraction of sp³-hybridized carbons (Fsp3) is 0.111. The molecule has 62 valence electrons. The summed E-state index contributed by atoms with van der Waals surface area (Å²) in [4.78, 5) is 21.2. The van der Waals surface area contributed by atoms with Crippen LogP contribution in [-0.4, -0.2) is 12.1 Å². The van der Waals surface area contributed by atoms with Crippen LogP contribution in [-0.2, 0) is 4.79 Å². The van der Waals surface area contributed by atoms with E-state index in [2.05, 4.69) is 0 Å². The Morgan fingerprint density at radius 2 is 2.08 bits per heavy atom. The Balaban J connectivity index is 2.94. The molecule has 3 nitrogen and oxygen atoms in total. The van der Waals surface area contributed by atoms with Gasteiger partial charge in [-0.2, -0.15) is 0 Å². The summed E-state index contributed by atoms with van der Waals surface area (Å²) in [5, 5.41) is 0. The maximum atomic E-state index is 11.2. The van der Waals surface area contributed by atoms with Crippen LogP contribution in [0.3, 0.4) is 0 Å². The summed E-state index contributed by atoms with van der Waals surface area (Å²) < 4.78 is 0. The Morgan fingerprint density at radius 3 is 2.67 bits per heavy atom. The molecule has 1 aromatic rings. The number of anilines is 1. The summed E-state index contributed by atoms with van der Waals surface area (Å²) in [6.45, 7) is 0. The first kappa shape index (κ1) is 8.46. The summed E-state index contributed by atoms with van der Waals surface area (Å²) in [5.74, 6) is -0.233. The molecule has 3 heteroatoms. The van der Waals surface area contributed by atoms with Gasteiger partial charge in [0.1, 0.15) is 6.29 Å². The zero-order valence-corrected chi connectivity index (χ0v) is 6.49. The molecule has 0 aliphatic rings. The van der Waals surface area contributed by atoms with Gasteiger partial charge in [0.25, 0.3) is 0 Å². The van der Waals surface area contributed by atoms with Gasteiger partial charge in [-0.05, 0) is 12.1 Å². The lowest BCUT2D eigenvalue weighted by Gasteiger charge is -2.00. The highest BCUT2D eigenvalue weighted by atomic mass is 16.1. The fourth-order valence-electron chi connectivity index (χ4n) is 0.937. The van der Waals surface area contributed by atoms with E-state index in [1.807, 2.05) is 0 Å². The normalized spacial score (nSPS) is 9.33. The van der Waals surface area contributed by atoms with E-state index in [0.717, 1.165) is 0 Å². The molecule has 2 N–H and O–H groups in total. The van der Waals surface area contributed by atoms with E-state index in [0.29, 0.717) is 17.5 Å². The number of hydrogen-bond acceptors (Lipinski definition) is 3. The van der Waals surface area contributed by atoms with Gasteiger partial charge in [-0.15, -0.1) is 0 Å². The van der Waals surface area contributed by atoms with Crippen LogP contribution in [0.4, 0.5) is 5.69 Å². The number of hydrogen-bond donors (Lipinski definition) is 1. The van der Waals surface area contributed by atoms with Gasteiger partial charge in [-0.3, -0.25) is 4.79 Å². The first-order chi connectivity index (χ1) is 5.75. The summed E-state index contributed by atoms with van der Waals surface area (Å²) in [6.07, 6.45) is 0.475. The lowest BCUT2D eigenvalue weighted by molar-refractivity contribution is -0.107. The fourth-order valence-corrected chi connectivity index (χ4v) is 0.937. The second-order valence-electron chi connectivity index (χ2n) is 2.38. The third-order valence-electron chi connectivity index (χ3n) is 1.53. The van der Waals surface area contributed by atoms with Crippen LogP contribution in [0, 0.1) is 0 Å². The second kappa shape index (κ2) is 3.67. The van der Waals surface area contributed by atoms with Gasteiger partial charge in [0.2, 0.25) is 0 Å². The third kappa shape index (κ3) is 1.69. The van der Waals surface area contributed by atoms with Crippen molar-refractivity contribution >= 4 is 17.8 Å². The molecule has 0 aliphatic carbocycles. The van der Waals surface area contributed by atoms with Crippen molar-refractivity contribution in [3.63, 3.8) is 0 Å². The Labute approximate surface area is 70.2 Å². The molecule has 0 radical (unpaired) electrons. The summed E-state index contributed by atoms with van der Waals surface area (Å²) in [6, 6.07) is 6.71. The molecule has 0 heterocycles. The number of ketones is 1. The standard InChI is InChI=1S/C9H9NO2/c10-8-4-2-1-3-7(8)9(12)5-6-11/h1-4,6H,5,10H2. The van der Waals surface area contributed by atoms with Crippen LogP contribution in [0.15, 0.2) is 24.3 Å². The first-order valence-electron chi connectivity index (χ1n) is 3.57. The van der Waals surface area contributed by atoms with Crippen LogP contribution in [0.25, 0.3) is 0 Å². The van der Waals surface area contributed by atoms with Crippen LogP contribution in [0.1, 0.15) is 16.8 Å². The number of para-hydroxylation sites is 1. The molecule has 0 saturated heterocycles. The molecule has 0 amide bonds. The molecule has 1 rings (SSSR count). The van der Waals surface area contributed by atoms with E-state index in [1.54, 1.807) is 24.3 Å². The van der Waals surface area contributed by atoms with Crippen molar-refractivity contribution in [2.75, 3.05) is 5.73 Å². The molecular weight excluding hydrogens is 154 g/mol. The first-order valence-corrected chi connectivity index (χ1v) is 3.57. The van der Waals surface area contributed by atoms with Crippen molar-refractivity contribution in [1.82, 2.24) is 0 Å². The molecule has 0 fully saturated rings. The van der Waals surface area contributed by atoms with Crippen LogP contribution in [0.2, 0.25) is 0 Å². The van der Waals surface area contributed by atoms with Gasteiger partial charge < -0.3 is 10.5 Å². The van der Waals surface area contributed by atoms with Gasteiger partial charge >= 0.3 is 0 Å². The van der Waals surface area contributed by atoms with E-state index < -0.39 is 0 Å². The van der Waals surface area contributed by atoms with Crippen molar-refractivity contribution in [1.29, 1.82) is 0 Å². The zero-order valence-electron chi connectivity index (χ0n) is 6.49. The number of aldehydes is 1. The summed E-state index contributed by atoms with van der Waals surface area (Å²) in [5.41, 5.74) is 6.36. The number of Topliss-reactive ketones (excluding diaryl/α,β-unsaturated/α-hetero) is 1. The Bertz CT molecular complexity index is 307. The molecular formula is C9H9NO2. The number of benzene rings is 1. The van der Waals surface area contributed by atoms with E-state index in [9.17, 15) is 9.59 Å². The molecule has 0 bridgehead atoms. The van der Waals surface area contributed by atoms with Gasteiger partial charge in [0.05, 0.1) is 6.42 Å². The summed E-state index contributed by atoms with van der Waals surface area (Å²) in [7, 11) is 0. The van der Waals surface area contributed by atoms with E-state index in [1.165, 1.54) is 0 Å². The lowest BCUT2D eigenvalue weighted by Crippen LogP contribution is -2.03. The molecule has 0 aliphatic heterocycles. The SMILES string of the molecule is Nc1ccccc1C(=O)CC=O. The van der Waals surface area contributed by atoms with Gasteiger partial charge in [-0.25, -0.2) is 0 Å². The second-order valence-corrected chi connectivity index (χ2v) is 2.38. The molecule has 0 aromatic heterocycles. The highest BCUT2D eigenvalue weighted by molar-refractivity contribution is 6.06. The van der Waals surface area contributed by atoms with E-state index >= 15 is 0 Å². The Kier molecular flexibility index (Phi) is 2.58. The monoisotopic (exact) mass is 163 g/mol. The quantitative estimate of drug-likeness (QED) is 0.313. The van der Waals surface area contributed by atoms with Crippen LogP contribution < -0.4 is 5.73 Å². The Morgan fingerprint density at radius 1 is 1.42 bits per heavy atom. The average Bonchev–Trinajstić information content (AvgIpc) is 2.05. The average molecular weight is 163 g/mol. The van der Waals surface area contributed by atoms with Crippen molar-refractivity contribution in [2.24, 2.45) is 0 Å². The molecule has 12 heavy (non-hydrogen) atoms. The van der Waals surface area contributed by atoms with Crippen LogP contribution in [0.5, 0.6) is 0 Å². The van der Waals surface area contributed by atoms with Gasteiger partial charge in [0.15, 0.2) is 5.78 Å². The van der Waals surface area contributed by atoms with Crippen molar-refractivity contribution in [3.05, 3.63) is 29.8 Å². The predicted octanol–water partition coefficient (Wildman–Crippen LogP) is 1.04. The minimum atomic E-state index is -0.233. The van der Waals surface area contributed by atoms with E-state index in [-0.39, 0.29) is 12.2 Å². The van der Waals surface area contributed by atoms with Gasteiger partial charge in [0, 0.05) is 11.3 Å². The zero-order chi connectivity index (χ0) is 8.97. The smallest absolute Gasteiger partial charge is 0.171 e. The molecule has 0 saturated carbocycles. The molecule has 0 spiro atoms. The largest absolute Gasteiger partial charge is 0.398 e. The molecule has 0 unspecified atom stereocenters. The maximum absolute atomic E-state index is 11.2. The highest BCUT2D eigenvalue weighted by Crippen LogP contribution is 2.11.